The number of hydrogen-bond acceptors (Lipinski definition) is 12. The quantitative estimate of drug-likeness (QED) is 0.0727. The van der Waals surface area contributed by atoms with Crippen LogP contribution in [0.2, 0.25) is 0 Å². The zero-order valence-corrected chi connectivity index (χ0v) is 40.1. The monoisotopic (exact) mass is 974 g/mol. The van der Waals surface area contributed by atoms with Crippen molar-refractivity contribution in [2.45, 2.75) is 65.6 Å². The largest absolute Gasteiger partial charge is 0.502 e. The summed E-state index contributed by atoms with van der Waals surface area (Å²) in [5, 5.41) is 30.8. The summed E-state index contributed by atoms with van der Waals surface area (Å²) < 4.78 is 40.4. The number of ether oxygens (including phenoxy) is 2. The lowest BCUT2D eigenvalue weighted by molar-refractivity contribution is 0.0455. The fourth-order valence-corrected chi connectivity index (χ4v) is 8.47. The Morgan fingerprint density at radius 3 is 2.07 bits per heavy atom. The van der Waals surface area contributed by atoms with Crippen LogP contribution in [0.1, 0.15) is 97.9 Å². The van der Waals surface area contributed by atoms with Gasteiger partial charge in [-0.15, -0.1) is 15.7 Å². The molecule has 1 fully saturated rings. The Labute approximate surface area is 399 Å². The fourth-order valence-electron chi connectivity index (χ4n) is 8.01. The number of terminal acetylenes is 1. The molecule has 7 rings (SSSR count). The summed E-state index contributed by atoms with van der Waals surface area (Å²) in [7, 11) is 4.24. The Morgan fingerprint density at radius 2 is 1.51 bits per heavy atom. The summed E-state index contributed by atoms with van der Waals surface area (Å²) in [5.74, 6) is -3.14. The minimum Gasteiger partial charge on any atom is -0.502 e. The molecule has 3 atom stereocenters. The van der Waals surface area contributed by atoms with Crippen molar-refractivity contribution in [2.75, 3.05) is 69.9 Å². The number of amides is 4. The van der Waals surface area contributed by atoms with Crippen molar-refractivity contribution < 1.29 is 47.6 Å². The van der Waals surface area contributed by atoms with Gasteiger partial charge in [0.25, 0.3) is 23.6 Å². The van der Waals surface area contributed by atoms with Crippen LogP contribution in [-0.4, -0.2) is 119 Å². The van der Waals surface area contributed by atoms with Gasteiger partial charge in [0.05, 0.1) is 12.6 Å². The Bertz CT molecular complexity index is 2760. The van der Waals surface area contributed by atoms with Gasteiger partial charge < -0.3 is 40.1 Å². The van der Waals surface area contributed by atoms with Gasteiger partial charge in [-0.05, 0) is 49.0 Å². The summed E-state index contributed by atoms with van der Waals surface area (Å²) in [6, 6.07) is 8.72. The van der Waals surface area contributed by atoms with Gasteiger partial charge in [0.15, 0.2) is 22.9 Å². The van der Waals surface area contributed by atoms with E-state index < -0.39 is 63.2 Å². The molecular weight excluding hydrogens is 918 g/mol. The van der Waals surface area contributed by atoms with Crippen LogP contribution in [0.5, 0.6) is 11.5 Å². The lowest BCUT2D eigenvalue weighted by atomic mass is 10.1. The molecule has 4 aromatic rings. The summed E-state index contributed by atoms with van der Waals surface area (Å²) in [6.07, 6.45) is 11.1. The molecule has 0 aliphatic carbocycles. The number of aromatic hydroxyl groups is 2. The Hall–Kier alpha value is -6.81. The van der Waals surface area contributed by atoms with Crippen LogP contribution in [0.3, 0.4) is 0 Å². The first-order chi connectivity index (χ1) is 33.0. The maximum atomic E-state index is 13.8. The third kappa shape index (κ3) is 11.9. The molecule has 4 amide bonds. The van der Waals surface area contributed by atoms with Gasteiger partial charge in [0.1, 0.15) is 36.1 Å². The molecule has 3 aliphatic heterocycles. The summed E-state index contributed by atoms with van der Waals surface area (Å²) in [6.45, 7) is 8.61. The van der Waals surface area contributed by atoms with E-state index in [-0.39, 0.29) is 67.5 Å². The van der Waals surface area contributed by atoms with Gasteiger partial charge in [0, 0.05) is 77.1 Å². The molecule has 4 N–H and O–H groups in total. The number of aromatic nitrogens is 2. The van der Waals surface area contributed by atoms with E-state index in [1.165, 1.54) is 31.5 Å². The van der Waals surface area contributed by atoms with Crippen molar-refractivity contribution in [3.8, 4) is 23.8 Å². The van der Waals surface area contributed by atoms with Crippen molar-refractivity contribution in [2.24, 2.45) is 5.92 Å². The molecule has 3 aliphatic rings. The van der Waals surface area contributed by atoms with Crippen molar-refractivity contribution in [3.05, 3.63) is 120 Å². The van der Waals surface area contributed by atoms with Gasteiger partial charge >= 0.3 is 0 Å². The minimum atomic E-state index is -1.04. The van der Waals surface area contributed by atoms with Crippen molar-refractivity contribution in [1.82, 2.24) is 29.8 Å². The minimum absolute atomic E-state index is 0.0110. The summed E-state index contributed by atoms with van der Waals surface area (Å²) in [5.41, 5.74) is -1.04. The summed E-state index contributed by atoms with van der Waals surface area (Å²) >= 11 is 0. The number of fused-ring (bicyclic) bond motifs is 2. The van der Waals surface area contributed by atoms with Crippen LogP contribution in [-0.2, 0) is 22.6 Å². The van der Waals surface area contributed by atoms with E-state index >= 15 is 0 Å². The van der Waals surface area contributed by atoms with Gasteiger partial charge in [-0.3, -0.25) is 48.1 Å². The second-order valence-electron chi connectivity index (χ2n) is 17.1. The van der Waals surface area contributed by atoms with Crippen molar-refractivity contribution in [1.29, 1.82) is 0 Å². The molecule has 21 heteroatoms. The third-order valence-corrected chi connectivity index (χ3v) is 12.5. The molecule has 5 heterocycles. The molecule has 69 heavy (non-hydrogen) atoms. The maximum Gasteiger partial charge on any atom is 0.277 e. The number of halogens is 2. The first-order valence-electron chi connectivity index (χ1n) is 22.4. The van der Waals surface area contributed by atoms with Crippen LogP contribution < -0.4 is 36.8 Å². The van der Waals surface area contributed by atoms with Crippen molar-refractivity contribution in [3.63, 3.8) is 0 Å². The predicted molar refractivity (Wildman–Crippen MR) is 256 cm³/mol. The highest BCUT2D eigenvalue weighted by molar-refractivity contribution is 7.27. The van der Waals surface area contributed by atoms with Crippen molar-refractivity contribution >= 4 is 38.2 Å². The molecule has 0 radical (unpaired) electrons. The predicted octanol–water partition coefficient (Wildman–Crippen LogP) is 2.65. The number of benzene rings is 2. The zero-order chi connectivity index (χ0) is 50.1. The van der Waals surface area contributed by atoms with E-state index in [0.717, 1.165) is 48.0 Å². The van der Waals surface area contributed by atoms with E-state index in [4.69, 9.17) is 15.9 Å². The third-order valence-electron chi connectivity index (χ3n) is 12.0. The number of carbonyl (C=O) groups is 4. The van der Waals surface area contributed by atoms with Crippen LogP contribution in [0.15, 0.2) is 58.4 Å². The molecule has 0 bridgehead atoms. The summed E-state index contributed by atoms with van der Waals surface area (Å²) in [4.78, 5) is 80.8. The average Bonchev–Trinajstić information content (AvgIpc) is 3.84. The lowest BCUT2D eigenvalue weighted by Crippen LogP contribution is -2.56. The molecule has 0 saturated carbocycles. The van der Waals surface area contributed by atoms with E-state index in [0.29, 0.717) is 45.3 Å². The molecule has 18 nitrogen and oxygen atoms in total. The second-order valence-corrected chi connectivity index (χ2v) is 17.7. The highest BCUT2D eigenvalue weighted by atomic mass is 31.0. The van der Waals surface area contributed by atoms with Crippen LogP contribution >= 0.6 is 9.24 Å². The molecule has 0 spiro atoms. The molecular formula is C48H57F2N8O10P. The smallest absolute Gasteiger partial charge is 0.277 e. The number of methoxy groups -OCH3 is 1. The Balaban J connectivity index is 0.000000228. The number of nitrogens with one attached hydrogen (secondary N) is 2. The fraction of sp³-hybridized carbons (Fsp3) is 0.417. The molecule has 2 aromatic carbocycles. The molecule has 2 aromatic heterocycles. The first-order valence-corrected chi connectivity index (χ1v) is 23.0. The molecule has 1 saturated heterocycles. The van der Waals surface area contributed by atoms with Gasteiger partial charge in [0.2, 0.25) is 10.9 Å². The van der Waals surface area contributed by atoms with Gasteiger partial charge in [-0.25, -0.2) is 8.78 Å². The normalized spacial score (nSPS) is 15.8. The van der Waals surface area contributed by atoms with E-state index in [9.17, 15) is 47.8 Å². The van der Waals surface area contributed by atoms with Gasteiger partial charge in [-0.1, -0.05) is 56.0 Å². The number of carbonyl (C=O) groups excluding carboxylic acids is 4. The highest BCUT2D eigenvalue weighted by Crippen LogP contribution is 2.25. The Morgan fingerprint density at radius 1 is 0.913 bits per heavy atom. The average molecular weight is 975 g/mol. The van der Waals surface area contributed by atoms with Gasteiger partial charge in [-0.2, -0.15) is 0 Å². The zero-order valence-electron chi connectivity index (χ0n) is 38.9. The second kappa shape index (κ2) is 23.0. The number of aryl methyl sites for hydroxylation is 1. The lowest BCUT2D eigenvalue weighted by Gasteiger charge is -2.40. The number of nitrogens with zero attached hydrogens (tertiary/aromatic N) is 6. The maximum absolute atomic E-state index is 13.8. The highest BCUT2D eigenvalue weighted by Gasteiger charge is 2.37. The van der Waals surface area contributed by atoms with Crippen LogP contribution in [0.25, 0.3) is 0 Å². The van der Waals surface area contributed by atoms with Crippen LogP contribution in [0, 0.1) is 36.8 Å². The van der Waals surface area contributed by atoms with Crippen LogP contribution in [0.4, 0.5) is 8.78 Å². The molecule has 3 unspecified atom stereocenters. The number of rotatable bonds is 16. The number of hydrogen-bond donors (Lipinski definition) is 4. The van der Waals surface area contributed by atoms with E-state index in [1.807, 2.05) is 44.0 Å². The van der Waals surface area contributed by atoms with E-state index in [2.05, 4.69) is 25.8 Å². The number of pyridine rings is 2. The topological polar surface area (TPSA) is 208 Å². The Kier molecular flexibility index (Phi) is 17.2. The SMILES string of the molecule is C#CCN1CN(CC(C)CC)C(=O)c2c(O)c(=O)c(C(=O)NCc3ccc(F)cc3F)cn21.COCCCN1CN(CC2CCCO2)C(=O)c2c(O)c(=O)c(C(=O)NCc3ccc(C)cc3P)cn21. The standard InChI is InChI=1S/C25H33N4O6P.C23H24F2N4O4/c1-16-6-7-17(20(36)11-16)12-26-24(32)19-14-29-21(23(31)22(19)30)25(33)27(13-18-5-3-10-35-18)15-28(29)8-4-9-34-2;1-4-8-28-13-27(11-14(3)5-2)23(33)19-21(31)20(30)17(12-29(19)28)22(32)26-10-15-6-7-16(24)9-18(15)25/h6-7,11,14,18,31H,3-5,8-10,12-13,15,36H2,1-2H3,(H,26,32);1,6-7,9,12,14,31H,5,8,10-11,13H2,2-3H3,(H,26,32). The van der Waals surface area contributed by atoms with E-state index in [1.54, 1.807) is 12.0 Å². The molecule has 368 valence electrons. The first kappa shape index (κ1) is 51.6.